The molecule has 4 aromatic rings. The van der Waals surface area contributed by atoms with E-state index in [2.05, 4.69) is 59.5 Å². The van der Waals surface area contributed by atoms with Crippen LogP contribution in [0.1, 0.15) is 18.1 Å². The van der Waals surface area contributed by atoms with Crippen LogP contribution in [0.2, 0.25) is 0 Å². The van der Waals surface area contributed by atoms with Crippen LogP contribution in [0.4, 0.5) is 5.95 Å². The highest BCUT2D eigenvalue weighted by Gasteiger charge is 2.17. The predicted molar refractivity (Wildman–Crippen MR) is 98.4 cm³/mol. The van der Waals surface area contributed by atoms with E-state index < -0.39 is 0 Å². The lowest BCUT2D eigenvalue weighted by atomic mass is 10.0. The van der Waals surface area contributed by atoms with Gasteiger partial charge in [0.1, 0.15) is 5.82 Å². The van der Waals surface area contributed by atoms with Gasteiger partial charge in [0.15, 0.2) is 5.82 Å². The molecule has 0 spiro atoms. The number of hydrogen-bond donors (Lipinski definition) is 1. The third-order valence-corrected chi connectivity index (χ3v) is 4.72. The fourth-order valence-electron chi connectivity index (χ4n) is 3.46. The van der Waals surface area contributed by atoms with Gasteiger partial charge in [0.25, 0.3) is 0 Å². The first-order valence-corrected chi connectivity index (χ1v) is 8.71. The Hall–Kier alpha value is -3.35. The molecule has 7 nitrogen and oxygen atoms in total. The molecule has 2 aromatic carbocycles. The van der Waals surface area contributed by atoms with E-state index in [9.17, 15) is 0 Å². The van der Waals surface area contributed by atoms with Crippen molar-refractivity contribution in [3.8, 4) is 11.3 Å². The largest absolute Gasteiger partial charge is 0.346 e. The number of aromatic nitrogens is 6. The van der Waals surface area contributed by atoms with E-state index in [1.807, 2.05) is 18.2 Å². The summed E-state index contributed by atoms with van der Waals surface area (Å²) in [6, 6.07) is 14.4. The Morgan fingerprint density at radius 2 is 1.92 bits per heavy atom. The molecule has 1 N–H and O–H groups in total. The van der Waals surface area contributed by atoms with Crippen molar-refractivity contribution in [3.05, 3.63) is 60.3 Å². The van der Waals surface area contributed by atoms with Crippen molar-refractivity contribution < 1.29 is 0 Å². The van der Waals surface area contributed by atoms with Crippen molar-refractivity contribution >= 4 is 16.7 Å². The molecule has 5 rings (SSSR count). The molecule has 0 saturated heterocycles. The summed E-state index contributed by atoms with van der Waals surface area (Å²) in [5.74, 6) is 2.47. The highest BCUT2D eigenvalue weighted by atomic mass is 15.3. The second-order valence-electron chi connectivity index (χ2n) is 6.33. The van der Waals surface area contributed by atoms with Crippen LogP contribution in [0.5, 0.6) is 0 Å². The van der Waals surface area contributed by atoms with E-state index >= 15 is 0 Å². The first-order valence-electron chi connectivity index (χ1n) is 8.71. The summed E-state index contributed by atoms with van der Waals surface area (Å²) in [6.45, 7) is 1.52. The summed E-state index contributed by atoms with van der Waals surface area (Å²) in [7, 11) is 0. The number of nitrogens with one attached hydrogen (secondary N) is 1. The van der Waals surface area contributed by atoms with Crippen molar-refractivity contribution in [3.63, 3.8) is 0 Å². The number of benzene rings is 2. The molecule has 0 unspecified atom stereocenters. The van der Waals surface area contributed by atoms with Crippen molar-refractivity contribution in [2.24, 2.45) is 0 Å². The maximum absolute atomic E-state index is 4.64. The standard InChI is InChI=1S/C19H17N7/c1-2-7-14-13(5-1)6-3-8-15(14)16-11-21-25-19(22-16)20-12-18-24-23-17-9-4-10-26(17)18/h1-3,5-8,11H,4,9-10,12H2,(H,20,22,25). The third kappa shape index (κ3) is 2.57. The lowest BCUT2D eigenvalue weighted by Gasteiger charge is -2.08. The van der Waals surface area contributed by atoms with Crippen molar-refractivity contribution in [1.29, 1.82) is 0 Å². The zero-order valence-electron chi connectivity index (χ0n) is 14.1. The third-order valence-electron chi connectivity index (χ3n) is 4.72. The second-order valence-corrected chi connectivity index (χ2v) is 6.33. The number of aryl methyl sites for hydroxylation is 1. The number of anilines is 1. The van der Waals surface area contributed by atoms with Crippen LogP contribution in [0.25, 0.3) is 22.0 Å². The Bertz CT molecular complexity index is 1080. The molecule has 3 heterocycles. The molecular formula is C19H17N7. The summed E-state index contributed by atoms with van der Waals surface area (Å²) < 4.78 is 2.16. The summed E-state index contributed by atoms with van der Waals surface area (Å²) in [6.07, 6.45) is 3.83. The van der Waals surface area contributed by atoms with Crippen molar-refractivity contribution in [1.82, 2.24) is 29.9 Å². The van der Waals surface area contributed by atoms with Crippen LogP contribution in [0, 0.1) is 0 Å². The molecule has 1 aliphatic heterocycles. The van der Waals surface area contributed by atoms with E-state index in [4.69, 9.17) is 0 Å². The van der Waals surface area contributed by atoms with Gasteiger partial charge in [-0.1, -0.05) is 42.5 Å². The molecule has 26 heavy (non-hydrogen) atoms. The molecule has 2 aromatic heterocycles. The Balaban J connectivity index is 1.43. The van der Waals surface area contributed by atoms with Gasteiger partial charge in [-0.05, 0) is 17.2 Å². The Morgan fingerprint density at radius 3 is 2.92 bits per heavy atom. The smallest absolute Gasteiger partial charge is 0.243 e. The first-order chi connectivity index (χ1) is 12.9. The maximum Gasteiger partial charge on any atom is 0.243 e. The number of fused-ring (bicyclic) bond motifs is 2. The van der Waals surface area contributed by atoms with Crippen LogP contribution in [0.3, 0.4) is 0 Å². The molecular weight excluding hydrogens is 326 g/mol. The van der Waals surface area contributed by atoms with E-state index in [1.54, 1.807) is 6.20 Å². The highest BCUT2D eigenvalue weighted by molar-refractivity contribution is 5.95. The zero-order valence-corrected chi connectivity index (χ0v) is 14.1. The molecule has 0 aliphatic carbocycles. The van der Waals surface area contributed by atoms with E-state index in [0.29, 0.717) is 12.5 Å². The van der Waals surface area contributed by atoms with Gasteiger partial charge in [0.05, 0.1) is 18.4 Å². The van der Waals surface area contributed by atoms with Gasteiger partial charge in [0, 0.05) is 18.5 Å². The van der Waals surface area contributed by atoms with E-state index in [0.717, 1.165) is 47.7 Å². The van der Waals surface area contributed by atoms with Gasteiger partial charge >= 0.3 is 0 Å². The van der Waals surface area contributed by atoms with Crippen LogP contribution < -0.4 is 5.32 Å². The van der Waals surface area contributed by atoms with Crippen LogP contribution in [0.15, 0.2) is 48.7 Å². The highest BCUT2D eigenvalue weighted by Crippen LogP contribution is 2.27. The average molecular weight is 343 g/mol. The predicted octanol–water partition coefficient (Wildman–Crippen LogP) is 2.84. The number of rotatable bonds is 4. The Kier molecular flexibility index (Phi) is 3.55. The fourth-order valence-corrected chi connectivity index (χ4v) is 3.46. The molecule has 7 heteroatoms. The average Bonchev–Trinajstić information content (AvgIpc) is 3.30. The Labute approximate surface area is 150 Å². The van der Waals surface area contributed by atoms with Gasteiger partial charge in [-0.25, -0.2) is 4.98 Å². The molecule has 128 valence electrons. The fraction of sp³-hybridized carbons (Fsp3) is 0.211. The van der Waals surface area contributed by atoms with Gasteiger partial charge in [-0.15, -0.1) is 15.3 Å². The summed E-state index contributed by atoms with van der Waals surface area (Å²) in [5.41, 5.74) is 1.84. The minimum atomic E-state index is 0.491. The van der Waals surface area contributed by atoms with E-state index in [1.165, 1.54) is 5.39 Å². The zero-order chi connectivity index (χ0) is 17.3. The SMILES string of the molecule is c1ccc2c(-c3cnnc(NCc4nnc5n4CCC5)n3)cccc2c1. The monoisotopic (exact) mass is 343 g/mol. The quantitative estimate of drug-likeness (QED) is 0.614. The topological polar surface area (TPSA) is 81.4 Å². The van der Waals surface area contributed by atoms with E-state index in [-0.39, 0.29) is 0 Å². The van der Waals surface area contributed by atoms with Crippen molar-refractivity contribution in [2.45, 2.75) is 25.9 Å². The van der Waals surface area contributed by atoms with Gasteiger partial charge in [0.2, 0.25) is 5.95 Å². The molecule has 1 aliphatic rings. The molecule has 0 radical (unpaired) electrons. The minimum absolute atomic E-state index is 0.491. The van der Waals surface area contributed by atoms with Crippen molar-refractivity contribution in [2.75, 3.05) is 5.32 Å². The van der Waals surface area contributed by atoms with Gasteiger partial charge < -0.3 is 9.88 Å². The second kappa shape index (κ2) is 6.18. The lowest BCUT2D eigenvalue weighted by Crippen LogP contribution is -2.10. The normalized spacial score (nSPS) is 13.1. The molecule has 0 atom stereocenters. The van der Waals surface area contributed by atoms with Crippen LogP contribution >= 0.6 is 0 Å². The van der Waals surface area contributed by atoms with Crippen LogP contribution in [-0.4, -0.2) is 29.9 Å². The Morgan fingerprint density at radius 1 is 1.00 bits per heavy atom. The summed E-state index contributed by atoms with van der Waals surface area (Å²) in [4.78, 5) is 4.64. The number of nitrogens with zero attached hydrogens (tertiary/aromatic N) is 6. The molecule has 0 amide bonds. The molecule has 0 saturated carbocycles. The number of hydrogen-bond acceptors (Lipinski definition) is 6. The minimum Gasteiger partial charge on any atom is -0.346 e. The first kappa shape index (κ1) is 14.9. The molecule has 0 bridgehead atoms. The van der Waals surface area contributed by atoms with Gasteiger partial charge in [-0.2, -0.15) is 5.10 Å². The van der Waals surface area contributed by atoms with Crippen LogP contribution in [-0.2, 0) is 19.5 Å². The summed E-state index contributed by atoms with van der Waals surface area (Å²) >= 11 is 0. The van der Waals surface area contributed by atoms with Gasteiger partial charge in [-0.3, -0.25) is 0 Å². The molecule has 0 fully saturated rings. The summed E-state index contributed by atoms with van der Waals surface area (Å²) in [5, 5.41) is 22.3. The maximum atomic E-state index is 4.64. The lowest BCUT2D eigenvalue weighted by molar-refractivity contribution is 0.694.